The van der Waals surface area contributed by atoms with Crippen LogP contribution in [0.4, 0.5) is 4.79 Å². The molecule has 8 nitrogen and oxygen atoms in total. The van der Waals surface area contributed by atoms with Crippen molar-refractivity contribution in [3.05, 3.63) is 0 Å². The van der Waals surface area contributed by atoms with Gasteiger partial charge in [-0.25, -0.2) is 9.59 Å². The van der Waals surface area contributed by atoms with Crippen molar-refractivity contribution in [1.29, 1.82) is 0 Å². The van der Waals surface area contributed by atoms with E-state index < -0.39 is 17.8 Å². The molecule has 3 heterocycles. The van der Waals surface area contributed by atoms with Crippen molar-refractivity contribution in [3.63, 3.8) is 0 Å². The van der Waals surface area contributed by atoms with E-state index in [2.05, 4.69) is 10.6 Å². The van der Waals surface area contributed by atoms with Crippen LogP contribution in [0.2, 0.25) is 0 Å². The Morgan fingerprint density at radius 3 is 2.61 bits per heavy atom. The molecule has 3 rings (SSSR count). The van der Waals surface area contributed by atoms with Gasteiger partial charge in [0.25, 0.3) is 11.8 Å². The second-order valence-corrected chi connectivity index (χ2v) is 7.38. The van der Waals surface area contributed by atoms with E-state index in [9.17, 15) is 19.2 Å². The van der Waals surface area contributed by atoms with Gasteiger partial charge in [-0.05, 0) is 19.3 Å². The summed E-state index contributed by atoms with van der Waals surface area (Å²) in [5.74, 6) is -1.45. The molecule has 4 amide bonds. The second kappa shape index (κ2) is 6.77. The molecule has 0 bridgehead atoms. The van der Waals surface area contributed by atoms with Crippen molar-refractivity contribution in [2.75, 3.05) is 0 Å². The Kier molecular flexibility index (Phi) is 4.74. The largest absolute Gasteiger partial charge is 0.333 e. The summed E-state index contributed by atoms with van der Waals surface area (Å²) in [6, 6.07) is 0.106. The Morgan fingerprint density at radius 2 is 1.91 bits per heavy atom. The molecule has 0 aromatic carbocycles. The number of nitrogens with zero attached hydrogens (tertiary/aromatic N) is 1. The van der Waals surface area contributed by atoms with Gasteiger partial charge in [0.1, 0.15) is 0 Å². The van der Waals surface area contributed by atoms with E-state index in [0.29, 0.717) is 16.7 Å². The van der Waals surface area contributed by atoms with Crippen molar-refractivity contribution < 1.29 is 24.0 Å². The first-order valence-corrected chi connectivity index (χ1v) is 8.76. The molecule has 23 heavy (non-hydrogen) atoms. The Bertz CT molecular complexity index is 509. The van der Waals surface area contributed by atoms with Gasteiger partial charge in [0.15, 0.2) is 0 Å². The summed E-state index contributed by atoms with van der Waals surface area (Å²) in [4.78, 5) is 50.3. The minimum atomic E-state index is -0.543. The lowest BCUT2D eigenvalue weighted by atomic mass is 10.1. The van der Waals surface area contributed by atoms with Crippen LogP contribution >= 0.6 is 11.8 Å². The van der Waals surface area contributed by atoms with Crippen LogP contribution in [-0.4, -0.2) is 45.5 Å². The van der Waals surface area contributed by atoms with Crippen LogP contribution < -0.4 is 10.6 Å². The molecule has 0 saturated carbocycles. The average Bonchev–Trinajstić information content (AvgIpc) is 3.11. The Balaban J connectivity index is 1.30. The number of hydrogen-bond acceptors (Lipinski definition) is 6. The summed E-state index contributed by atoms with van der Waals surface area (Å²) in [6.45, 7) is 0. The Labute approximate surface area is 137 Å². The summed E-state index contributed by atoms with van der Waals surface area (Å²) < 4.78 is 0. The molecule has 0 radical (unpaired) electrons. The number of rotatable bonds is 6. The predicted molar refractivity (Wildman–Crippen MR) is 80.9 cm³/mol. The summed E-state index contributed by atoms with van der Waals surface area (Å²) in [5, 5.41) is 6.97. The quantitative estimate of drug-likeness (QED) is 0.543. The zero-order valence-corrected chi connectivity index (χ0v) is 13.4. The summed E-state index contributed by atoms with van der Waals surface area (Å²) in [7, 11) is 0. The normalized spacial score (nSPS) is 29.5. The van der Waals surface area contributed by atoms with Gasteiger partial charge >= 0.3 is 12.0 Å². The molecule has 0 aromatic rings. The molecule has 3 saturated heterocycles. The zero-order chi connectivity index (χ0) is 16.4. The van der Waals surface area contributed by atoms with E-state index in [1.807, 2.05) is 0 Å². The van der Waals surface area contributed by atoms with E-state index in [1.165, 1.54) is 0 Å². The van der Waals surface area contributed by atoms with Gasteiger partial charge in [-0.2, -0.15) is 0 Å². The number of amides is 4. The van der Waals surface area contributed by atoms with E-state index >= 15 is 0 Å². The molecule has 3 aliphatic rings. The Hall–Kier alpha value is -1.77. The molecule has 0 aliphatic carbocycles. The number of fused-ring (bicyclic) bond motifs is 1. The molecule has 0 unspecified atom stereocenters. The zero-order valence-electron chi connectivity index (χ0n) is 12.6. The van der Waals surface area contributed by atoms with E-state index in [4.69, 9.17) is 4.84 Å². The number of hydrogen-bond donors (Lipinski definition) is 2. The van der Waals surface area contributed by atoms with E-state index in [-0.39, 0.29) is 36.7 Å². The predicted octanol–water partition coefficient (Wildman–Crippen LogP) is 0.667. The van der Waals surface area contributed by atoms with Crippen LogP contribution in [-0.2, 0) is 19.2 Å². The molecule has 0 aromatic heterocycles. The SMILES string of the molecule is O=C1N[C@@H]2C[C@H](CCCCC(=O)ON3C(=O)CCC3=O)S[C@@H]2N1. The highest BCUT2D eigenvalue weighted by Gasteiger charge is 2.40. The van der Waals surface area contributed by atoms with Crippen molar-refractivity contribution in [3.8, 4) is 0 Å². The summed E-state index contributed by atoms with van der Waals surface area (Å²) >= 11 is 1.76. The van der Waals surface area contributed by atoms with Crippen molar-refractivity contribution in [1.82, 2.24) is 15.7 Å². The standard InChI is InChI=1S/C14H19N3O5S/c18-10-5-6-11(19)17(10)22-12(20)4-2-1-3-8-7-9-13(23-8)16-14(21)15-9/h8-9,13H,1-7H2,(H2,15,16,21)/t8-,9+,13-/m0/s1. The highest BCUT2D eigenvalue weighted by molar-refractivity contribution is 8.00. The van der Waals surface area contributed by atoms with Gasteiger partial charge < -0.3 is 15.5 Å². The molecule has 3 atom stereocenters. The van der Waals surface area contributed by atoms with Crippen molar-refractivity contribution in [2.45, 2.75) is 61.6 Å². The lowest BCUT2D eigenvalue weighted by Crippen LogP contribution is -2.31. The third-order valence-corrected chi connectivity index (χ3v) is 5.72. The Morgan fingerprint density at radius 1 is 1.17 bits per heavy atom. The van der Waals surface area contributed by atoms with E-state index in [1.54, 1.807) is 11.8 Å². The van der Waals surface area contributed by atoms with Crippen LogP contribution in [0.25, 0.3) is 0 Å². The molecule has 3 fully saturated rings. The van der Waals surface area contributed by atoms with E-state index in [0.717, 1.165) is 19.3 Å². The van der Waals surface area contributed by atoms with Gasteiger partial charge in [0, 0.05) is 24.5 Å². The number of nitrogens with one attached hydrogen (secondary N) is 2. The van der Waals surface area contributed by atoms with Crippen LogP contribution in [0.3, 0.4) is 0 Å². The van der Waals surface area contributed by atoms with Crippen molar-refractivity contribution >= 4 is 35.6 Å². The van der Waals surface area contributed by atoms with Gasteiger partial charge in [-0.3, -0.25) is 9.59 Å². The summed E-state index contributed by atoms with van der Waals surface area (Å²) in [5.41, 5.74) is 0. The molecule has 9 heteroatoms. The third kappa shape index (κ3) is 3.77. The first-order chi connectivity index (χ1) is 11.0. The first-order valence-electron chi connectivity index (χ1n) is 7.82. The minimum Gasteiger partial charge on any atom is -0.332 e. The van der Waals surface area contributed by atoms with Crippen LogP contribution in [0, 0.1) is 0 Å². The number of imide groups is 1. The smallest absolute Gasteiger partial charge is 0.332 e. The fraction of sp³-hybridized carbons (Fsp3) is 0.714. The van der Waals surface area contributed by atoms with Gasteiger partial charge in [-0.1, -0.05) is 6.42 Å². The number of urea groups is 1. The molecule has 0 spiro atoms. The minimum absolute atomic E-state index is 0.0975. The third-order valence-electron chi connectivity index (χ3n) is 4.17. The first kappa shape index (κ1) is 16.1. The van der Waals surface area contributed by atoms with Gasteiger partial charge in [0.2, 0.25) is 0 Å². The maximum Gasteiger partial charge on any atom is 0.333 e. The second-order valence-electron chi connectivity index (χ2n) is 5.93. The molecule has 3 aliphatic heterocycles. The number of carbonyl (C=O) groups is 4. The summed E-state index contributed by atoms with van der Waals surface area (Å²) in [6.07, 6.45) is 3.83. The molecular weight excluding hydrogens is 322 g/mol. The molecule has 126 valence electrons. The van der Waals surface area contributed by atoms with Crippen LogP contribution in [0.1, 0.15) is 44.9 Å². The van der Waals surface area contributed by atoms with Gasteiger partial charge in [-0.15, -0.1) is 16.8 Å². The number of hydroxylamine groups is 2. The highest BCUT2D eigenvalue weighted by Crippen LogP contribution is 2.37. The fourth-order valence-electron chi connectivity index (χ4n) is 3.01. The average molecular weight is 341 g/mol. The van der Waals surface area contributed by atoms with Crippen molar-refractivity contribution in [2.24, 2.45) is 0 Å². The topological polar surface area (TPSA) is 105 Å². The molecular formula is C14H19N3O5S. The number of unbranched alkanes of at least 4 members (excludes halogenated alkanes) is 1. The van der Waals surface area contributed by atoms with Crippen LogP contribution in [0.15, 0.2) is 0 Å². The lowest BCUT2D eigenvalue weighted by Gasteiger charge is -2.13. The fourth-order valence-corrected chi connectivity index (χ4v) is 4.59. The monoisotopic (exact) mass is 341 g/mol. The number of carbonyl (C=O) groups excluding carboxylic acids is 4. The van der Waals surface area contributed by atoms with Gasteiger partial charge in [0.05, 0.1) is 11.4 Å². The number of thioether (sulfide) groups is 1. The maximum atomic E-state index is 11.7. The highest BCUT2D eigenvalue weighted by atomic mass is 32.2. The lowest BCUT2D eigenvalue weighted by molar-refractivity contribution is -0.197. The molecule has 2 N–H and O–H groups in total. The maximum absolute atomic E-state index is 11.7. The van der Waals surface area contributed by atoms with Crippen LogP contribution in [0.5, 0.6) is 0 Å².